The summed E-state index contributed by atoms with van der Waals surface area (Å²) in [5.41, 5.74) is 4.03. The van der Waals surface area contributed by atoms with E-state index in [9.17, 15) is 4.79 Å². The number of hydrogen-bond donors (Lipinski definition) is 1. The molecule has 1 N–H and O–H groups in total. The molecule has 0 saturated heterocycles. The molecule has 0 atom stereocenters. The van der Waals surface area contributed by atoms with Gasteiger partial charge in [-0.1, -0.05) is 25.1 Å². The zero-order valence-electron chi connectivity index (χ0n) is 11.8. The van der Waals surface area contributed by atoms with Crippen molar-refractivity contribution in [3.05, 3.63) is 50.7 Å². The maximum absolute atomic E-state index is 12.4. The molecule has 0 fully saturated rings. The highest BCUT2D eigenvalue weighted by Gasteiger charge is 2.14. The topological polar surface area (TPSA) is 29.1 Å². The largest absolute Gasteiger partial charge is 0.321 e. The summed E-state index contributed by atoms with van der Waals surface area (Å²) >= 11 is 1.66. The van der Waals surface area contributed by atoms with Crippen LogP contribution in [0.1, 0.15) is 38.2 Å². The van der Waals surface area contributed by atoms with E-state index in [1.165, 1.54) is 10.4 Å². The van der Waals surface area contributed by atoms with Crippen molar-refractivity contribution in [1.82, 2.24) is 0 Å². The summed E-state index contributed by atoms with van der Waals surface area (Å²) in [5, 5.41) is 3.07. The molecule has 0 spiro atoms. The number of nitrogens with one attached hydrogen (secondary N) is 1. The number of para-hydroxylation sites is 1. The Morgan fingerprint density at radius 1 is 1.26 bits per heavy atom. The molecule has 0 aliphatic heterocycles. The lowest BCUT2D eigenvalue weighted by Crippen LogP contribution is -2.14. The molecule has 0 unspecified atom stereocenters. The SMILES string of the molecule is CCc1cccc(C)c1NC(=O)c1cc(C)sc1C. The summed E-state index contributed by atoms with van der Waals surface area (Å²) in [6.07, 6.45) is 0.916. The minimum absolute atomic E-state index is 0.00847. The zero-order valence-corrected chi connectivity index (χ0v) is 12.6. The number of carbonyl (C=O) groups excluding carboxylic acids is 1. The Balaban J connectivity index is 2.31. The van der Waals surface area contributed by atoms with Crippen LogP contribution in [0.25, 0.3) is 0 Å². The molecule has 3 heteroatoms. The van der Waals surface area contributed by atoms with Crippen LogP contribution in [0.4, 0.5) is 5.69 Å². The maximum atomic E-state index is 12.4. The van der Waals surface area contributed by atoms with Gasteiger partial charge in [-0.05, 0) is 44.4 Å². The fourth-order valence-corrected chi connectivity index (χ4v) is 3.16. The van der Waals surface area contributed by atoms with Crippen LogP contribution in [0.15, 0.2) is 24.3 Å². The Morgan fingerprint density at radius 3 is 2.58 bits per heavy atom. The molecule has 2 nitrogen and oxygen atoms in total. The Hall–Kier alpha value is -1.61. The van der Waals surface area contributed by atoms with Crippen LogP contribution in [0.3, 0.4) is 0 Å². The smallest absolute Gasteiger partial charge is 0.256 e. The third-order valence-corrected chi connectivity index (χ3v) is 4.23. The van der Waals surface area contributed by atoms with Gasteiger partial charge in [-0.15, -0.1) is 11.3 Å². The molecule has 2 rings (SSSR count). The highest BCUT2D eigenvalue weighted by atomic mass is 32.1. The van der Waals surface area contributed by atoms with Crippen LogP contribution in [0.2, 0.25) is 0 Å². The lowest BCUT2D eigenvalue weighted by Gasteiger charge is -2.12. The van der Waals surface area contributed by atoms with Gasteiger partial charge in [0.15, 0.2) is 0 Å². The van der Waals surface area contributed by atoms with E-state index >= 15 is 0 Å². The average Bonchev–Trinajstić information content (AvgIpc) is 2.71. The summed E-state index contributed by atoms with van der Waals surface area (Å²) < 4.78 is 0. The highest BCUT2D eigenvalue weighted by molar-refractivity contribution is 7.12. The Morgan fingerprint density at radius 2 is 2.00 bits per heavy atom. The number of anilines is 1. The number of benzene rings is 1. The Labute approximate surface area is 118 Å². The van der Waals surface area contributed by atoms with Crippen molar-refractivity contribution in [1.29, 1.82) is 0 Å². The highest BCUT2D eigenvalue weighted by Crippen LogP contribution is 2.25. The van der Waals surface area contributed by atoms with E-state index in [4.69, 9.17) is 0 Å². The first-order valence-corrected chi connectivity index (χ1v) is 7.31. The van der Waals surface area contributed by atoms with Gasteiger partial charge in [-0.25, -0.2) is 0 Å². The number of rotatable bonds is 3. The van der Waals surface area contributed by atoms with Gasteiger partial charge in [-0.3, -0.25) is 4.79 Å². The third kappa shape index (κ3) is 2.87. The molecule has 1 aromatic carbocycles. The summed E-state index contributed by atoms with van der Waals surface area (Å²) in [6, 6.07) is 8.08. The molecule has 0 radical (unpaired) electrons. The number of aryl methyl sites for hydroxylation is 4. The van der Waals surface area contributed by atoms with Crippen molar-refractivity contribution in [2.45, 2.75) is 34.1 Å². The molecule has 1 heterocycles. The normalized spacial score (nSPS) is 10.5. The standard InChI is InChI=1S/C16H19NOS/c1-5-13-8-6-7-10(2)15(13)17-16(18)14-9-11(3)19-12(14)4/h6-9H,5H2,1-4H3,(H,17,18). The van der Waals surface area contributed by atoms with E-state index in [0.29, 0.717) is 0 Å². The number of carbonyl (C=O) groups is 1. The van der Waals surface area contributed by atoms with Gasteiger partial charge in [0.1, 0.15) is 0 Å². The van der Waals surface area contributed by atoms with E-state index in [2.05, 4.69) is 18.3 Å². The van der Waals surface area contributed by atoms with Crippen LogP contribution in [0.5, 0.6) is 0 Å². The second-order valence-corrected chi connectivity index (χ2v) is 6.20. The second kappa shape index (κ2) is 5.57. The van der Waals surface area contributed by atoms with Crippen molar-refractivity contribution in [3.8, 4) is 0 Å². The van der Waals surface area contributed by atoms with E-state index in [0.717, 1.165) is 28.1 Å². The summed E-state index contributed by atoms with van der Waals surface area (Å²) in [4.78, 5) is 14.6. The van der Waals surface area contributed by atoms with Crippen molar-refractivity contribution in [2.75, 3.05) is 5.32 Å². The van der Waals surface area contributed by atoms with Gasteiger partial charge in [0.05, 0.1) is 5.56 Å². The first-order chi connectivity index (χ1) is 9.02. The van der Waals surface area contributed by atoms with Crippen molar-refractivity contribution in [3.63, 3.8) is 0 Å². The average molecular weight is 273 g/mol. The number of thiophene rings is 1. The third-order valence-electron chi connectivity index (χ3n) is 3.26. The van der Waals surface area contributed by atoms with Crippen LogP contribution >= 0.6 is 11.3 Å². The van der Waals surface area contributed by atoms with Gasteiger partial charge in [0.25, 0.3) is 5.91 Å². The quantitative estimate of drug-likeness (QED) is 0.877. The molecule has 0 bridgehead atoms. The lowest BCUT2D eigenvalue weighted by atomic mass is 10.1. The molecular formula is C16H19NOS. The van der Waals surface area contributed by atoms with Crippen molar-refractivity contribution in [2.24, 2.45) is 0 Å². The molecule has 2 aromatic rings. The monoisotopic (exact) mass is 273 g/mol. The molecule has 0 saturated carbocycles. The van der Waals surface area contributed by atoms with Gasteiger partial charge in [0, 0.05) is 15.4 Å². The summed E-state index contributed by atoms with van der Waals surface area (Å²) in [7, 11) is 0. The number of hydrogen-bond acceptors (Lipinski definition) is 2. The van der Waals surface area contributed by atoms with Crippen LogP contribution in [0, 0.1) is 20.8 Å². The summed E-state index contributed by atoms with van der Waals surface area (Å²) in [6.45, 7) is 8.15. The predicted molar refractivity (Wildman–Crippen MR) is 82.3 cm³/mol. The van der Waals surface area contributed by atoms with E-state index in [1.54, 1.807) is 11.3 Å². The van der Waals surface area contributed by atoms with Gasteiger partial charge >= 0.3 is 0 Å². The van der Waals surface area contributed by atoms with Crippen molar-refractivity contribution >= 4 is 22.9 Å². The molecule has 1 aromatic heterocycles. The molecule has 1 amide bonds. The van der Waals surface area contributed by atoms with Gasteiger partial charge in [0.2, 0.25) is 0 Å². The zero-order chi connectivity index (χ0) is 14.0. The first kappa shape index (κ1) is 13.8. The predicted octanol–water partition coefficient (Wildman–Crippen LogP) is 4.49. The van der Waals surface area contributed by atoms with Gasteiger partial charge in [-0.2, -0.15) is 0 Å². The van der Waals surface area contributed by atoms with Gasteiger partial charge < -0.3 is 5.32 Å². The molecular weight excluding hydrogens is 254 g/mol. The van der Waals surface area contributed by atoms with E-state index in [1.807, 2.05) is 39.0 Å². The molecule has 0 aliphatic rings. The van der Waals surface area contributed by atoms with E-state index in [-0.39, 0.29) is 5.91 Å². The van der Waals surface area contributed by atoms with Crippen LogP contribution in [-0.2, 0) is 6.42 Å². The maximum Gasteiger partial charge on any atom is 0.256 e. The second-order valence-electron chi connectivity index (χ2n) is 4.74. The minimum Gasteiger partial charge on any atom is -0.321 e. The molecule has 19 heavy (non-hydrogen) atoms. The number of amides is 1. The fourth-order valence-electron chi connectivity index (χ4n) is 2.24. The van der Waals surface area contributed by atoms with Crippen LogP contribution < -0.4 is 5.32 Å². The van der Waals surface area contributed by atoms with Crippen LogP contribution in [-0.4, -0.2) is 5.91 Å². The van der Waals surface area contributed by atoms with Crippen molar-refractivity contribution < 1.29 is 4.79 Å². The van der Waals surface area contributed by atoms with E-state index < -0.39 is 0 Å². The Bertz CT molecular complexity index is 613. The first-order valence-electron chi connectivity index (χ1n) is 6.49. The fraction of sp³-hybridized carbons (Fsp3) is 0.312. The minimum atomic E-state index is -0.00847. The Kier molecular flexibility index (Phi) is 4.05. The summed E-state index contributed by atoms with van der Waals surface area (Å²) in [5.74, 6) is -0.00847. The molecule has 100 valence electrons. The lowest BCUT2D eigenvalue weighted by molar-refractivity contribution is 0.102. The molecule has 0 aliphatic carbocycles.